The number of alkyl halides is 2. The first-order valence-corrected chi connectivity index (χ1v) is 7.89. The molecule has 0 atom stereocenters. The predicted molar refractivity (Wildman–Crippen MR) is 88.2 cm³/mol. The Labute approximate surface area is 139 Å². The van der Waals surface area contributed by atoms with Crippen molar-refractivity contribution >= 4 is 17.6 Å². The first-order valence-electron chi connectivity index (χ1n) is 7.51. The van der Waals surface area contributed by atoms with Gasteiger partial charge in [0.15, 0.2) is 5.96 Å². The second-order valence-corrected chi connectivity index (χ2v) is 5.55. The second kappa shape index (κ2) is 8.72. The third-order valence-electron chi connectivity index (χ3n) is 3.34. The Morgan fingerprint density at radius 1 is 1.39 bits per heavy atom. The fourth-order valence-electron chi connectivity index (χ4n) is 2.30. The van der Waals surface area contributed by atoms with Crippen molar-refractivity contribution in [3.63, 3.8) is 0 Å². The van der Waals surface area contributed by atoms with Gasteiger partial charge in [0.05, 0.1) is 6.54 Å². The van der Waals surface area contributed by atoms with Crippen LogP contribution in [-0.2, 0) is 6.54 Å². The molecule has 0 amide bonds. The molecule has 0 aliphatic heterocycles. The molecule has 1 aliphatic carbocycles. The van der Waals surface area contributed by atoms with Crippen LogP contribution < -0.4 is 15.4 Å². The van der Waals surface area contributed by atoms with E-state index in [-0.39, 0.29) is 12.3 Å². The summed E-state index contributed by atoms with van der Waals surface area (Å²) >= 11 is 5.94. The number of aliphatic imine (C=N–C) groups is 1. The first-order chi connectivity index (χ1) is 11.1. The zero-order valence-electron chi connectivity index (χ0n) is 12.9. The van der Waals surface area contributed by atoms with Crippen molar-refractivity contribution < 1.29 is 13.5 Å². The lowest BCUT2D eigenvalue weighted by Crippen LogP contribution is -2.42. The largest absolute Gasteiger partial charge is 0.434 e. The summed E-state index contributed by atoms with van der Waals surface area (Å²) in [5, 5.41) is 6.91. The molecule has 0 radical (unpaired) electrons. The van der Waals surface area contributed by atoms with Crippen molar-refractivity contribution in [1.29, 1.82) is 0 Å². The molecule has 7 heteroatoms. The van der Waals surface area contributed by atoms with Crippen molar-refractivity contribution in [2.45, 2.75) is 39.0 Å². The number of nitrogens with zero attached hydrogens (tertiary/aromatic N) is 1. The van der Waals surface area contributed by atoms with Gasteiger partial charge >= 0.3 is 6.61 Å². The molecule has 0 fully saturated rings. The average Bonchev–Trinajstić information content (AvgIpc) is 3.00. The molecular weight excluding hydrogens is 324 g/mol. The van der Waals surface area contributed by atoms with Crippen LogP contribution in [0.4, 0.5) is 8.78 Å². The van der Waals surface area contributed by atoms with Crippen LogP contribution in [0.15, 0.2) is 35.3 Å². The van der Waals surface area contributed by atoms with Crippen LogP contribution in [0.1, 0.15) is 25.3 Å². The van der Waals surface area contributed by atoms with Crippen LogP contribution >= 0.6 is 11.6 Å². The Bertz CT molecular complexity index is 570. The zero-order valence-corrected chi connectivity index (χ0v) is 13.6. The molecule has 2 N–H and O–H groups in total. The van der Waals surface area contributed by atoms with Gasteiger partial charge in [-0.1, -0.05) is 23.8 Å². The third-order valence-corrected chi connectivity index (χ3v) is 3.57. The van der Waals surface area contributed by atoms with E-state index in [0.29, 0.717) is 29.1 Å². The molecule has 1 aromatic rings. The maximum Gasteiger partial charge on any atom is 0.387 e. The number of benzene rings is 1. The molecule has 0 bridgehead atoms. The predicted octanol–water partition coefficient (Wildman–Crippen LogP) is 3.72. The zero-order chi connectivity index (χ0) is 16.7. The summed E-state index contributed by atoms with van der Waals surface area (Å²) in [5.41, 5.74) is 0.513. The first kappa shape index (κ1) is 17.5. The number of ether oxygens (including phenoxy) is 1. The van der Waals surface area contributed by atoms with Gasteiger partial charge in [0.25, 0.3) is 0 Å². The molecular formula is C16H20ClF2N3O. The van der Waals surface area contributed by atoms with Crippen LogP contribution in [0, 0.1) is 0 Å². The van der Waals surface area contributed by atoms with Crippen LogP contribution in [0.3, 0.4) is 0 Å². The molecule has 0 saturated heterocycles. The summed E-state index contributed by atoms with van der Waals surface area (Å²) in [6.07, 6.45) is 6.13. The molecule has 126 valence electrons. The number of guanidine groups is 1. The van der Waals surface area contributed by atoms with Gasteiger partial charge in [0, 0.05) is 23.2 Å². The third kappa shape index (κ3) is 5.71. The van der Waals surface area contributed by atoms with E-state index in [1.165, 1.54) is 12.1 Å². The minimum atomic E-state index is -2.88. The fourth-order valence-corrected chi connectivity index (χ4v) is 2.49. The van der Waals surface area contributed by atoms with E-state index in [2.05, 4.69) is 32.5 Å². The summed E-state index contributed by atoms with van der Waals surface area (Å²) in [6.45, 7) is -0.00991. The number of hydrogen-bond donors (Lipinski definition) is 2. The molecule has 0 saturated carbocycles. The number of rotatable bonds is 6. The fraction of sp³-hybridized carbons (Fsp3) is 0.438. The lowest BCUT2D eigenvalue weighted by molar-refractivity contribution is -0.0504. The van der Waals surface area contributed by atoms with Gasteiger partial charge in [0.1, 0.15) is 5.75 Å². The van der Waals surface area contributed by atoms with Gasteiger partial charge in [-0.05, 0) is 38.0 Å². The average molecular weight is 344 g/mol. The minimum absolute atomic E-state index is 0.0894. The van der Waals surface area contributed by atoms with Gasteiger partial charge in [-0.15, -0.1) is 0 Å². The maximum absolute atomic E-state index is 12.5. The van der Waals surface area contributed by atoms with Gasteiger partial charge in [-0.3, -0.25) is 0 Å². The molecule has 23 heavy (non-hydrogen) atoms. The summed E-state index contributed by atoms with van der Waals surface area (Å²) in [6, 6.07) is 4.84. The van der Waals surface area contributed by atoms with Crippen molar-refractivity contribution in [2.75, 3.05) is 6.54 Å². The highest BCUT2D eigenvalue weighted by atomic mass is 35.5. The Morgan fingerprint density at radius 2 is 2.13 bits per heavy atom. The Balaban J connectivity index is 2.09. The number of halogens is 3. The van der Waals surface area contributed by atoms with E-state index in [4.69, 9.17) is 11.6 Å². The lowest BCUT2D eigenvalue weighted by Gasteiger charge is -2.17. The van der Waals surface area contributed by atoms with Crippen molar-refractivity contribution in [1.82, 2.24) is 10.6 Å². The second-order valence-electron chi connectivity index (χ2n) is 5.11. The van der Waals surface area contributed by atoms with E-state index < -0.39 is 6.61 Å². The van der Waals surface area contributed by atoms with Gasteiger partial charge in [-0.25, -0.2) is 4.99 Å². The van der Waals surface area contributed by atoms with Gasteiger partial charge < -0.3 is 15.4 Å². The quantitative estimate of drug-likeness (QED) is 0.470. The van der Waals surface area contributed by atoms with E-state index in [0.717, 1.165) is 12.8 Å². The monoisotopic (exact) mass is 343 g/mol. The molecule has 0 aromatic heterocycles. The van der Waals surface area contributed by atoms with Crippen LogP contribution in [0.2, 0.25) is 5.02 Å². The highest BCUT2D eigenvalue weighted by Gasteiger charge is 2.13. The number of nitrogens with one attached hydrogen (secondary N) is 2. The van der Waals surface area contributed by atoms with E-state index >= 15 is 0 Å². The SMILES string of the molecule is CCNC(=NCc1cc(Cl)ccc1OC(F)F)NC1CC=CC1. The van der Waals surface area contributed by atoms with E-state index in [1.54, 1.807) is 6.07 Å². The summed E-state index contributed by atoms with van der Waals surface area (Å²) < 4.78 is 29.5. The topological polar surface area (TPSA) is 45.7 Å². The highest BCUT2D eigenvalue weighted by molar-refractivity contribution is 6.30. The van der Waals surface area contributed by atoms with Crippen molar-refractivity contribution in [3.05, 3.63) is 40.9 Å². The molecule has 0 unspecified atom stereocenters. The van der Waals surface area contributed by atoms with Crippen LogP contribution in [0.5, 0.6) is 5.75 Å². The Morgan fingerprint density at radius 3 is 2.78 bits per heavy atom. The summed E-state index contributed by atoms with van der Waals surface area (Å²) in [4.78, 5) is 4.44. The van der Waals surface area contributed by atoms with Crippen LogP contribution in [0.25, 0.3) is 0 Å². The standard InChI is InChI=1S/C16H20ClF2N3O/c1-2-20-16(22-13-5-3-4-6-13)21-10-11-9-12(17)7-8-14(11)23-15(18)19/h3-4,7-9,13,15H,2,5-6,10H2,1H3,(H2,20,21,22). The van der Waals surface area contributed by atoms with E-state index in [9.17, 15) is 8.78 Å². The summed E-state index contributed by atoms with van der Waals surface area (Å²) in [5.74, 6) is 0.732. The van der Waals surface area contributed by atoms with Gasteiger partial charge in [-0.2, -0.15) is 8.78 Å². The van der Waals surface area contributed by atoms with E-state index in [1.807, 2.05) is 6.92 Å². The maximum atomic E-state index is 12.5. The highest BCUT2D eigenvalue weighted by Crippen LogP contribution is 2.25. The van der Waals surface area contributed by atoms with Crippen molar-refractivity contribution in [3.8, 4) is 5.75 Å². The Kier molecular flexibility index (Phi) is 6.65. The van der Waals surface area contributed by atoms with Gasteiger partial charge in [0.2, 0.25) is 0 Å². The lowest BCUT2D eigenvalue weighted by atomic mass is 10.2. The molecule has 0 spiro atoms. The minimum Gasteiger partial charge on any atom is -0.434 e. The molecule has 1 aromatic carbocycles. The normalized spacial score (nSPS) is 15.3. The van der Waals surface area contributed by atoms with Crippen LogP contribution in [-0.4, -0.2) is 25.2 Å². The molecule has 1 aliphatic rings. The molecule has 0 heterocycles. The smallest absolute Gasteiger partial charge is 0.387 e. The Hall–Kier alpha value is -1.82. The molecule has 2 rings (SSSR count). The summed E-state index contributed by atoms with van der Waals surface area (Å²) in [7, 11) is 0. The number of hydrogen-bond acceptors (Lipinski definition) is 2. The van der Waals surface area contributed by atoms with Crippen molar-refractivity contribution in [2.24, 2.45) is 4.99 Å². The molecule has 4 nitrogen and oxygen atoms in total.